The Morgan fingerprint density at radius 1 is 1.14 bits per heavy atom. The number of hydrogen-bond acceptors (Lipinski definition) is 9. The fourth-order valence-electron chi connectivity index (χ4n) is 6.39. The number of rotatable bonds is 7. The van der Waals surface area contributed by atoms with E-state index in [0.717, 1.165) is 41.3 Å². The van der Waals surface area contributed by atoms with Crippen LogP contribution in [-0.4, -0.2) is 95.0 Å². The third-order valence-corrected chi connectivity index (χ3v) is 8.66. The summed E-state index contributed by atoms with van der Waals surface area (Å²) in [5.74, 6) is 1.09. The van der Waals surface area contributed by atoms with Gasteiger partial charge in [-0.05, 0) is 49.7 Å². The highest BCUT2D eigenvalue weighted by Crippen LogP contribution is 2.41. The lowest BCUT2D eigenvalue weighted by molar-refractivity contribution is 0.119. The summed E-state index contributed by atoms with van der Waals surface area (Å²) in [5, 5.41) is 22.0. The standard InChI is InChI=1S/C32H35N7O4/c1-20-7-4-8-21-9-5-11-24(26(20)21)27-29(42-3)28-25(17-34-27)30(36-31(35-28)43-19-23-10-6-14-37(23)2)38-15-16-39(32(40)41)22(18-38)12-13-33/h4-5,7-9,11,17,22-23H,6,10,12,14-16,18-19H2,1-3H3,(H,40,41)/t22-,23-/m0/s1. The molecule has 222 valence electrons. The van der Waals surface area contributed by atoms with Crippen LogP contribution in [0, 0.1) is 18.3 Å². The molecule has 2 aromatic heterocycles. The molecule has 2 aliphatic rings. The molecule has 0 spiro atoms. The molecule has 43 heavy (non-hydrogen) atoms. The van der Waals surface area contributed by atoms with Crippen LogP contribution in [0.1, 0.15) is 24.8 Å². The van der Waals surface area contributed by atoms with Crippen molar-refractivity contribution in [3.63, 3.8) is 0 Å². The lowest BCUT2D eigenvalue weighted by Gasteiger charge is -2.39. The second-order valence-corrected chi connectivity index (χ2v) is 11.2. The maximum atomic E-state index is 11.9. The molecule has 0 radical (unpaired) electrons. The van der Waals surface area contributed by atoms with Crippen LogP contribution in [0.4, 0.5) is 10.6 Å². The fraction of sp³-hybridized carbons (Fsp3) is 0.406. The lowest BCUT2D eigenvalue weighted by atomic mass is 9.97. The van der Waals surface area contributed by atoms with Gasteiger partial charge in [0.1, 0.15) is 23.6 Å². The maximum Gasteiger partial charge on any atom is 0.407 e. The number of hydrogen-bond donors (Lipinski definition) is 1. The van der Waals surface area contributed by atoms with E-state index in [1.165, 1.54) is 4.90 Å². The Morgan fingerprint density at radius 2 is 1.95 bits per heavy atom. The third kappa shape index (κ3) is 5.34. The Kier molecular flexibility index (Phi) is 7.86. The van der Waals surface area contributed by atoms with Gasteiger partial charge in [0.05, 0.1) is 31.0 Å². The summed E-state index contributed by atoms with van der Waals surface area (Å²) in [5.41, 5.74) is 3.30. The molecular weight excluding hydrogens is 546 g/mol. The highest BCUT2D eigenvalue weighted by Gasteiger charge is 2.33. The first-order valence-electron chi connectivity index (χ1n) is 14.6. The van der Waals surface area contributed by atoms with E-state index in [-0.39, 0.29) is 25.0 Å². The van der Waals surface area contributed by atoms with Crippen LogP contribution in [0.15, 0.2) is 42.6 Å². The van der Waals surface area contributed by atoms with Gasteiger partial charge in [-0.25, -0.2) is 4.79 Å². The first-order chi connectivity index (χ1) is 20.9. The van der Waals surface area contributed by atoms with E-state index >= 15 is 0 Å². The average Bonchev–Trinajstić information content (AvgIpc) is 3.43. The SMILES string of the molecule is COc1c(-c2cccc3cccc(C)c23)ncc2c(N3CCN(C(=O)O)[C@@H](CC#N)C3)nc(OC[C@@H]3CCCN3C)nc12. The van der Waals surface area contributed by atoms with Crippen LogP contribution in [0.5, 0.6) is 11.8 Å². The number of carboxylic acid groups (broad SMARTS) is 1. The number of nitriles is 1. The summed E-state index contributed by atoms with van der Waals surface area (Å²) in [7, 11) is 3.71. The van der Waals surface area contributed by atoms with Gasteiger partial charge in [0.2, 0.25) is 0 Å². The van der Waals surface area contributed by atoms with E-state index in [4.69, 9.17) is 24.4 Å². The number of likely N-dealkylation sites (N-methyl/N-ethyl adjacent to an activating group) is 1. The molecule has 2 aliphatic heterocycles. The Hall–Kier alpha value is -4.69. The van der Waals surface area contributed by atoms with Gasteiger partial charge in [0.15, 0.2) is 5.75 Å². The van der Waals surface area contributed by atoms with E-state index in [9.17, 15) is 15.2 Å². The molecule has 2 atom stereocenters. The topological polar surface area (TPSA) is 128 Å². The molecule has 2 saturated heterocycles. The van der Waals surface area contributed by atoms with Crippen molar-refractivity contribution < 1.29 is 19.4 Å². The van der Waals surface area contributed by atoms with E-state index < -0.39 is 12.1 Å². The number of methoxy groups -OCH3 is 1. The molecule has 0 saturated carbocycles. The number of ether oxygens (including phenoxy) is 2. The van der Waals surface area contributed by atoms with Gasteiger partial charge in [-0.15, -0.1) is 0 Å². The van der Waals surface area contributed by atoms with Gasteiger partial charge in [0.25, 0.3) is 0 Å². The number of aryl methyl sites for hydroxylation is 1. The molecule has 4 aromatic rings. The Labute approximate surface area is 250 Å². The van der Waals surface area contributed by atoms with Crippen molar-refractivity contribution in [1.82, 2.24) is 24.8 Å². The summed E-state index contributed by atoms with van der Waals surface area (Å²) < 4.78 is 12.3. The lowest BCUT2D eigenvalue weighted by Crippen LogP contribution is -2.55. The number of carbonyl (C=O) groups is 1. The van der Waals surface area contributed by atoms with Gasteiger partial charge >= 0.3 is 12.1 Å². The second-order valence-electron chi connectivity index (χ2n) is 11.2. The summed E-state index contributed by atoms with van der Waals surface area (Å²) in [4.78, 5) is 32.1. The van der Waals surface area contributed by atoms with Crippen LogP contribution < -0.4 is 14.4 Å². The van der Waals surface area contributed by atoms with Crippen molar-refractivity contribution in [2.75, 3.05) is 51.8 Å². The van der Waals surface area contributed by atoms with Crippen LogP contribution in [0.2, 0.25) is 0 Å². The van der Waals surface area contributed by atoms with Crippen molar-refractivity contribution in [3.8, 4) is 29.1 Å². The zero-order valence-electron chi connectivity index (χ0n) is 24.7. The zero-order valence-corrected chi connectivity index (χ0v) is 24.7. The van der Waals surface area contributed by atoms with Crippen LogP contribution in [0.3, 0.4) is 0 Å². The zero-order chi connectivity index (χ0) is 30.1. The fourth-order valence-corrected chi connectivity index (χ4v) is 6.39. The summed E-state index contributed by atoms with van der Waals surface area (Å²) >= 11 is 0. The number of benzene rings is 2. The minimum Gasteiger partial charge on any atom is -0.492 e. The van der Waals surface area contributed by atoms with Crippen molar-refractivity contribution in [2.24, 2.45) is 0 Å². The number of aromatic nitrogens is 3. The molecular formula is C32H35N7O4. The maximum absolute atomic E-state index is 11.9. The van der Waals surface area contributed by atoms with Crippen molar-refractivity contribution >= 4 is 33.6 Å². The second kappa shape index (κ2) is 11.9. The minimum absolute atomic E-state index is 0.0787. The van der Waals surface area contributed by atoms with Crippen molar-refractivity contribution in [3.05, 3.63) is 48.2 Å². The first kappa shape index (κ1) is 28.4. The number of pyridine rings is 1. The van der Waals surface area contributed by atoms with Crippen LogP contribution in [-0.2, 0) is 0 Å². The van der Waals surface area contributed by atoms with Gasteiger partial charge in [0, 0.05) is 37.4 Å². The monoisotopic (exact) mass is 581 g/mol. The summed E-state index contributed by atoms with van der Waals surface area (Å²) in [6.45, 7) is 4.52. The van der Waals surface area contributed by atoms with E-state index in [2.05, 4.69) is 43.1 Å². The molecule has 6 rings (SSSR count). The van der Waals surface area contributed by atoms with Crippen molar-refractivity contribution in [1.29, 1.82) is 5.26 Å². The number of likely N-dealkylation sites (tertiary alicyclic amines) is 1. The Balaban J connectivity index is 1.49. The summed E-state index contributed by atoms with van der Waals surface area (Å²) in [6.07, 6.45) is 2.97. The normalized spacial score (nSPS) is 19.1. The number of piperazine rings is 1. The predicted octanol–water partition coefficient (Wildman–Crippen LogP) is 4.72. The Bertz CT molecular complexity index is 1720. The molecule has 2 aromatic carbocycles. The smallest absolute Gasteiger partial charge is 0.407 e. The van der Waals surface area contributed by atoms with Crippen LogP contribution in [0.25, 0.3) is 32.9 Å². The highest BCUT2D eigenvalue weighted by molar-refractivity contribution is 6.03. The number of anilines is 1. The van der Waals surface area contributed by atoms with E-state index in [1.54, 1.807) is 13.3 Å². The molecule has 4 heterocycles. The quantitative estimate of drug-likeness (QED) is 0.327. The van der Waals surface area contributed by atoms with Crippen LogP contribution >= 0.6 is 0 Å². The molecule has 11 heteroatoms. The van der Waals surface area contributed by atoms with Gasteiger partial charge in [-0.3, -0.25) is 4.98 Å². The molecule has 0 bridgehead atoms. The van der Waals surface area contributed by atoms with E-state index in [0.29, 0.717) is 47.9 Å². The number of nitrogens with zero attached hydrogens (tertiary/aromatic N) is 7. The molecule has 1 amide bonds. The molecule has 1 N–H and O–H groups in total. The van der Waals surface area contributed by atoms with E-state index in [1.807, 2.05) is 23.1 Å². The predicted molar refractivity (Wildman–Crippen MR) is 164 cm³/mol. The first-order valence-corrected chi connectivity index (χ1v) is 14.6. The van der Waals surface area contributed by atoms with Crippen molar-refractivity contribution in [2.45, 2.75) is 38.3 Å². The number of amides is 1. The summed E-state index contributed by atoms with van der Waals surface area (Å²) in [6, 6.07) is 14.5. The largest absolute Gasteiger partial charge is 0.492 e. The molecule has 2 fully saturated rings. The Morgan fingerprint density at radius 3 is 2.67 bits per heavy atom. The molecule has 0 unspecified atom stereocenters. The average molecular weight is 582 g/mol. The molecule has 11 nitrogen and oxygen atoms in total. The molecule has 0 aliphatic carbocycles. The highest BCUT2D eigenvalue weighted by atomic mass is 16.5. The van der Waals surface area contributed by atoms with Gasteiger partial charge in [-0.1, -0.05) is 36.4 Å². The number of fused-ring (bicyclic) bond motifs is 2. The minimum atomic E-state index is -1.03. The van der Waals surface area contributed by atoms with Gasteiger partial charge < -0.3 is 29.3 Å². The van der Waals surface area contributed by atoms with Gasteiger partial charge in [-0.2, -0.15) is 15.2 Å². The third-order valence-electron chi connectivity index (χ3n) is 8.66.